The van der Waals surface area contributed by atoms with Gasteiger partial charge in [-0.3, -0.25) is 4.72 Å². The summed E-state index contributed by atoms with van der Waals surface area (Å²) < 4.78 is 39.6. The molecule has 0 fully saturated rings. The summed E-state index contributed by atoms with van der Waals surface area (Å²) in [6, 6.07) is 10.6. The molecule has 0 bridgehead atoms. The highest BCUT2D eigenvalue weighted by Crippen LogP contribution is 2.18. The summed E-state index contributed by atoms with van der Waals surface area (Å²) in [6.07, 6.45) is 0. The van der Waals surface area contributed by atoms with E-state index >= 15 is 0 Å². The van der Waals surface area contributed by atoms with E-state index in [9.17, 15) is 17.6 Å². The molecule has 0 saturated carbocycles. The van der Waals surface area contributed by atoms with Crippen LogP contribution in [0.4, 0.5) is 10.1 Å². The molecule has 2 aromatic carbocycles. The largest absolute Gasteiger partial charge is 0.478 e. The van der Waals surface area contributed by atoms with Gasteiger partial charge in [0, 0.05) is 0 Å². The summed E-state index contributed by atoms with van der Waals surface area (Å²) in [7, 11) is -3.83. The number of benzene rings is 2. The van der Waals surface area contributed by atoms with Crippen LogP contribution < -0.4 is 4.72 Å². The highest BCUT2D eigenvalue weighted by atomic mass is 32.2. The number of hydrogen-bond donors (Lipinski definition) is 2. The highest BCUT2D eigenvalue weighted by molar-refractivity contribution is 7.92. The molecule has 2 rings (SSSR count). The lowest BCUT2D eigenvalue weighted by Crippen LogP contribution is -2.13. The number of sulfonamides is 1. The number of hydrogen-bond acceptors (Lipinski definition) is 3. The molecule has 0 spiro atoms. The van der Waals surface area contributed by atoms with Crippen LogP contribution in [0.25, 0.3) is 0 Å². The maximum Gasteiger partial charge on any atom is 0.338 e. The van der Waals surface area contributed by atoms with Gasteiger partial charge in [-0.2, -0.15) is 0 Å². The molecule has 0 aliphatic carbocycles. The van der Waals surface area contributed by atoms with Crippen molar-refractivity contribution in [3.8, 4) is 0 Å². The van der Waals surface area contributed by atoms with Crippen molar-refractivity contribution in [1.82, 2.24) is 0 Å². The van der Waals surface area contributed by atoms with E-state index < -0.39 is 27.4 Å². The molecule has 0 saturated heterocycles. The molecule has 0 aromatic heterocycles. The van der Waals surface area contributed by atoms with E-state index in [1.54, 1.807) is 18.2 Å². The molecule has 5 nitrogen and oxygen atoms in total. The molecular weight excluding hydrogens is 285 g/mol. The maximum atomic E-state index is 13.5. The molecule has 0 aliphatic heterocycles. The van der Waals surface area contributed by atoms with Crippen molar-refractivity contribution in [3.63, 3.8) is 0 Å². The monoisotopic (exact) mass is 295 g/mol. The normalized spacial score (nSPS) is 11.1. The fourth-order valence-electron chi connectivity index (χ4n) is 1.57. The van der Waals surface area contributed by atoms with E-state index in [0.717, 1.165) is 12.1 Å². The molecule has 0 atom stereocenters. The highest BCUT2D eigenvalue weighted by Gasteiger charge is 2.16. The molecule has 2 aromatic rings. The SMILES string of the molecule is O=C(O)c1ccc(NS(=O)(=O)c2ccccc2)cc1F. The van der Waals surface area contributed by atoms with Crippen LogP contribution in [-0.4, -0.2) is 19.5 Å². The molecular formula is C13H10FNO4S. The van der Waals surface area contributed by atoms with Gasteiger partial charge >= 0.3 is 5.97 Å². The summed E-state index contributed by atoms with van der Waals surface area (Å²) in [6.45, 7) is 0. The minimum absolute atomic E-state index is 0.0303. The third-order valence-electron chi connectivity index (χ3n) is 2.51. The molecule has 0 aliphatic rings. The Morgan fingerprint density at radius 3 is 2.30 bits per heavy atom. The first-order chi connectivity index (χ1) is 9.40. The van der Waals surface area contributed by atoms with Gasteiger partial charge in [0.2, 0.25) is 0 Å². The van der Waals surface area contributed by atoms with Gasteiger partial charge in [0.05, 0.1) is 16.1 Å². The van der Waals surface area contributed by atoms with Gasteiger partial charge in [-0.15, -0.1) is 0 Å². The Bertz CT molecular complexity index is 744. The third-order valence-corrected chi connectivity index (χ3v) is 3.90. The number of carboxylic acid groups (broad SMARTS) is 1. The molecule has 0 radical (unpaired) electrons. The van der Waals surface area contributed by atoms with Crippen LogP contribution in [0.15, 0.2) is 53.4 Å². The van der Waals surface area contributed by atoms with Gasteiger partial charge in [-0.05, 0) is 30.3 Å². The Balaban J connectivity index is 2.31. The van der Waals surface area contributed by atoms with Crippen molar-refractivity contribution in [2.24, 2.45) is 0 Å². The number of aromatic carboxylic acids is 1. The van der Waals surface area contributed by atoms with Gasteiger partial charge in [0.25, 0.3) is 10.0 Å². The molecule has 20 heavy (non-hydrogen) atoms. The van der Waals surface area contributed by atoms with Crippen LogP contribution in [-0.2, 0) is 10.0 Å². The molecule has 7 heteroatoms. The topological polar surface area (TPSA) is 83.5 Å². The summed E-state index contributed by atoms with van der Waals surface area (Å²) in [5.41, 5.74) is -0.566. The molecule has 104 valence electrons. The second kappa shape index (κ2) is 5.30. The zero-order valence-corrected chi connectivity index (χ0v) is 10.9. The van der Waals surface area contributed by atoms with Crippen molar-refractivity contribution in [2.45, 2.75) is 4.90 Å². The van der Waals surface area contributed by atoms with Crippen molar-refractivity contribution in [1.29, 1.82) is 0 Å². The number of nitrogens with one attached hydrogen (secondary N) is 1. The van der Waals surface area contributed by atoms with Gasteiger partial charge < -0.3 is 5.11 Å². The maximum absolute atomic E-state index is 13.5. The minimum atomic E-state index is -3.83. The van der Waals surface area contributed by atoms with Gasteiger partial charge in [-0.25, -0.2) is 17.6 Å². The second-order valence-corrected chi connectivity index (χ2v) is 5.60. The summed E-state index contributed by atoms with van der Waals surface area (Å²) in [5, 5.41) is 8.69. The Morgan fingerprint density at radius 2 is 1.75 bits per heavy atom. The Kier molecular flexibility index (Phi) is 3.71. The lowest BCUT2D eigenvalue weighted by molar-refractivity contribution is 0.0692. The third kappa shape index (κ3) is 2.94. The first-order valence-electron chi connectivity index (χ1n) is 5.51. The van der Waals surface area contributed by atoms with E-state index in [0.29, 0.717) is 0 Å². The Morgan fingerprint density at radius 1 is 1.10 bits per heavy atom. The lowest BCUT2D eigenvalue weighted by Gasteiger charge is -2.08. The van der Waals surface area contributed by atoms with Gasteiger partial charge in [0.15, 0.2) is 0 Å². The number of rotatable bonds is 4. The number of anilines is 1. The lowest BCUT2D eigenvalue weighted by atomic mass is 10.2. The van der Waals surface area contributed by atoms with Crippen LogP contribution in [0.2, 0.25) is 0 Å². The molecule has 0 unspecified atom stereocenters. The van der Waals surface area contributed by atoms with Gasteiger partial charge in [-0.1, -0.05) is 18.2 Å². The van der Waals surface area contributed by atoms with Crippen molar-refractivity contribution < 1.29 is 22.7 Å². The number of carbonyl (C=O) groups is 1. The first-order valence-corrected chi connectivity index (χ1v) is 6.99. The molecule has 2 N–H and O–H groups in total. The van der Waals surface area contributed by atoms with E-state index in [2.05, 4.69) is 4.72 Å². The van der Waals surface area contributed by atoms with E-state index in [1.165, 1.54) is 18.2 Å². The van der Waals surface area contributed by atoms with Crippen molar-refractivity contribution in [3.05, 3.63) is 59.9 Å². The standard InChI is InChI=1S/C13H10FNO4S/c14-12-8-9(6-7-11(12)13(16)17)15-20(18,19)10-4-2-1-3-5-10/h1-8,15H,(H,16,17). The summed E-state index contributed by atoms with van der Waals surface area (Å²) in [5.74, 6) is -2.43. The number of carboxylic acids is 1. The van der Waals surface area contributed by atoms with Crippen LogP contribution in [0.1, 0.15) is 10.4 Å². The fourth-order valence-corrected chi connectivity index (χ4v) is 2.64. The molecule has 0 heterocycles. The fraction of sp³-hybridized carbons (Fsp3) is 0. The number of halogens is 1. The smallest absolute Gasteiger partial charge is 0.338 e. The van der Waals surface area contributed by atoms with Crippen molar-refractivity contribution in [2.75, 3.05) is 4.72 Å². The minimum Gasteiger partial charge on any atom is -0.478 e. The quantitative estimate of drug-likeness (QED) is 0.906. The second-order valence-electron chi connectivity index (χ2n) is 3.92. The van der Waals surface area contributed by atoms with E-state index in [-0.39, 0.29) is 10.6 Å². The predicted octanol–water partition coefficient (Wildman–Crippen LogP) is 2.32. The Hall–Kier alpha value is -2.41. The van der Waals surface area contributed by atoms with Crippen LogP contribution in [0.5, 0.6) is 0 Å². The average molecular weight is 295 g/mol. The summed E-state index contributed by atoms with van der Waals surface area (Å²) >= 11 is 0. The first kappa shape index (κ1) is 14.0. The van der Waals surface area contributed by atoms with Gasteiger partial charge in [0.1, 0.15) is 5.82 Å². The van der Waals surface area contributed by atoms with Crippen molar-refractivity contribution >= 4 is 21.7 Å². The van der Waals surface area contributed by atoms with E-state index in [4.69, 9.17) is 5.11 Å². The Labute approximate surface area is 114 Å². The van der Waals surface area contributed by atoms with Crippen LogP contribution in [0.3, 0.4) is 0 Å². The zero-order chi connectivity index (χ0) is 14.8. The zero-order valence-electron chi connectivity index (χ0n) is 10.1. The van der Waals surface area contributed by atoms with E-state index in [1.807, 2.05) is 0 Å². The molecule has 0 amide bonds. The predicted molar refractivity (Wildman–Crippen MR) is 70.6 cm³/mol. The summed E-state index contributed by atoms with van der Waals surface area (Å²) in [4.78, 5) is 10.7. The van der Waals surface area contributed by atoms with Crippen LogP contribution >= 0.6 is 0 Å². The van der Waals surface area contributed by atoms with Crippen LogP contribution in [0, 0.1) is 5.82 Å². The average Bonchev–Trinajstić information content (AvgIpc) is 2.39.